The molecule has 0 spiro atoms. The molecular formula is C24H24O2. The molecule has 0 radical (unpaired) electrons. The predicted molar refractivity (Wildman–Crippen MR) is 107 cm³/mol. The number of ether oxygens (including phenoxy) is 1. The molecule has 0 bridgehead atoms. The summed E-state index contributed by atoms with van der Waals surface area (Å²) < 4.78 is 5.22. The molecule has 3 aromatic rings. The van der Waals surface area contributed by atoms with Crippen molar-refractivity contribution in [2.45, 2.75) is 18.4 Å². The SMILES string of the molecule is COc1ccc(C(O)C(C/C=C/c2ccccc2)c2ccccc2)cc1. The number of hydrogen-bond acceptors (Lipinski definition) is 2. The van der Waals surface area contributed by atoms with Gasteiger partial charge in [-0.25, -0.2) is 0 Å². The lowest BCUT2D eigenvalue weighted by Gasteiger charge is -2.23. The maximum absolute atomic E-state index is 11.0. The normalized spacial score (nSPS) is 13.5. The average Bonchev–Trinajstić information content (AvgIpc) is 2.72. The molecule has 0 aliphatic heterocycles. The van der Waals surface area contributed by atoms with Crippen molar-refractivity contribution in [3.8, 4) is 5.75 Å². The fraction of sp³-hybridized carbons (Fsp3) is 0.167. The summed E-state index contributed by atoms with van der Waals surface area (Å²) in [7, 11) is 1.65. The van der Waals surface area contributed by atoms with Crippen LogP contribution in [0.15, 0.2) is 91.0 Å². The van der Waals surface area contributed by atoms with E-state index in [1.807, 2.05) is 60.7 Å². The van der Waals surface area contributed by atoms with Gasteiger partial charge in [0, 0.05) is 5.92 Å². The molecule has 0 aliphatic carbocycles. The zero-order chi connectivity index (χ0) is 18.2. The molecule has 0 saturated carbocycles. The number of benzene rings is 3. The summed E-state index contributed by atoms with van der Waals surface area (Å²) in [6.45, 7) is 0. The summed E-state index contributed by atoms with van der Waals surface area (Å²) in [6.07, 6.45) is 4.42. The summed E-state index contributed by atoms with van der Waals surface area (Å²) in [4.78, 5) is 0. The Hall–Kier alpha value is -2.84. The van der Waals surface area contributed by atoms with Gasteiger partial charge in [0.15, 0.2) is 0 Å². The molecule has 2 nitrogen and oxygen atoms in total. The number of aliphatic hydroxyl groups is 1. The molecule has 2 heteroatoms. The number of rotatable bonds is 7. The van der Waals surface area contributed by atoms with Crippen molar-refractivity contribution in [2.75, 3.05) is 7.11 Å². The summed E-state index contributed by atoms with van der Waals surface area (Å²) in [5.74, 6) is 0.783. The molecule has 3 aromatic carbocycles. The topological polar surface area (TPSA) is 29.5 Å². The van der Waals surface area contributed by atoms with Gasteiger partial charge >= 0.3 is 0 Å². The van der Waals surface area contributed by atoms with Gasteiger partial charge in [0.1, 0.15) is 5.75 Å². The fourth-order valence-electron chi connectivity index (χ4n) is 3.10. The minimum atomic E-state index is -0.580. The van der Waals surface area contributed by atoms with Crippen molar-refractivity contribution in [1.82, 2.24) is 0 Å². The van der Waals surface area contributed by atoms with E-state index in [1.165, 1.54) is 5.56 Å². The molecule has 0 heterocycles. The summed E-state index contributed by atoms with van der Waals surface area (Å²) >= 11 is 0. The van der Waals surface area contributed by atoms with Gasteiger partial charge < -0.3 is 9.84 Å². The first kappa shape index (κ1) is 18.0. The van der Waals surface area contributed by atoms with E-state index < -0.39 is 6.10 Å². The van der Waals surface area contributed by atoms with Gasteiger partial charge in [-0.2, -0.15) is 0 Å². The highest BCUT2D eigenvalue weighted by Crippen LogP contribution is 2.34. The molecule has 3 rings (SSSR count). The first-order chi connectivity index (χ1) is 12.8. The van der Waals surface area contributed by atoms with E-state index >= 15 is 0 Å². The number of allylic oxidation sites excluding steroid dienone is 1. The smallest absolute Gasteiger partial charge is 0.118 e. The lowest BCUT2D eigenvalue weighted by molar-refractivity contribution is 0.145. The van der Waals surface area contributed by atoms with Crippen LogP contribution in [0.3, 0.4) is 0 Å². The minimum Gasteiger partial charge on any atom is -0.497 e. The van der Waals surface area contributed by atoms with Crippen molar-refractivity contribution in [3.05, 3.63) is 108 Å². The van der Waals surface area contributed by atoms with Gasteiger partial charge in [-0.1, -0.05) is 84.9 Å². The Morgan fingerprint density at radius 1 is 0.808 bits per heavy atom. The second-order valence-electron chi connectivity index (χ2n) is 6.28. The molecule has 132 valence electrons. The molecule has 1 N–H and O–H groups in total. The molecule has 0 saturated heterocycles. The number of aliphatic hydroxyl groups excluding tert-OH is 1. The first-order valence-corrected chi connectivity index (χ1v) is 8.86. The van der Waals surface area contributed by atoms with Crippen LogP contribution in [0.1, 0.15) is 35.1 Å². The molecule has 0 aromatic heterocycles. The van der Waals surface area contributed by atoms with E-state index in [4.69, 9.17) is 4.74 Å². The van der Waals surface area contributed by atoms with Gasteiger partial charge in [-0.05, 0) is 35.2 Å². The second-order valence-corrected chi connectivity index (χ2v) is 6.28. The third-order valence-corrected chi connectivity index (χ3v) is 4.57. The Labute approximate surface area is 155 Å². The molecule has 0 amide bonds. The Morgan fingerprint density at radius 2 is 1.42 bits per heavy atom. The quantitative estimate of drug-likeness (QED) is 0.603. The maximum atomic E-state index is 11.0. The number of methoxy groups -OCH3 is 1. The van der Waals surface area contributed by atoms with Crippen LogP contribution in [-0.2, 0) is 0 Å². The Bertz CT molecular complexity index is 808. The highest BCUT2D eigenvalue weighted by Gasteiger charge is 2.21. The fourth-order valence-corrected chi connectivity index (χ4v) is 3.10. The van der Waals surface area contributed by atoms with Crippen LogP contribution in [0, 0.1) is 0 Å². The van der Waals surface area contributed by atoms with Crippen LogP contribution in [0.5, 0.6) is 5.75 Å². The lowest BCUT2D eigenvalue weighted by Crippen LogP contribution is -2.10. The molecule has 26 heavy (non-hydrogen) atoms. The Balaban J connectivity index is 1.82. The molecular weight excluding hydrogens is 320 g/mol. The molecule has 0 aliphatic rings. The highest BCUT2D eigenvalue weighted by molar-refractivity contribution is 5.49. The van der Waals surface area contributed by atoms with Gasteiger partial charge in [0.05, 0.1) is 13.2 Å². The monoisotopic (exact) mass is 344 g/mol. The van der Waals surface area contributed by atoms with E-state index in [2.05, 4.69) is 36.4 Å². The van der Waals surface area contributed by atoms with E-state index in [-0.39, 0.29) is 5.92 Å². The largest absolute Gasteiger partial charge is 0.497 e. The van der Waals surface area contributed by atoms with E-state index in [1.54, 1.807) is 7.11 Å². The zero-order valence-corrected chi connectivity index (χ0v) is 15.0. The van der Waals surface area contributed by atoms with Crippen LogP contribution in [-0.4, -0.2) is 12.2 Å². The van der Waals surface area contributed by atoms with Crippen molar-refractivity contribution in [3.63, 3.8) is 0 Å². The third kappa shape index (κ3) is 4.62. The van der Waals surface area contributed by atoms with Crippen molar-refractivity contribution < 1.29 is 9.84 Å². The van der Waals surface area contributed by atoms with Crippen molar-refractivity contribution in [1.29, 1.82) is 0 Å². The second kappa shape index (κ2) is 9.02. The number of hydrogen-bond donors (Lipinski definition) is 1. The Morgan fingerprint density at radius 3 is 2.04 bits per heavy atom. The van der Waals surface area contributed by atoms with Crippen LogP contribution in [0.2, 0.25) is 0 Å². The average molecular weight is 344 g/mol. The summed E-state index contributed by atoms with van der Waals surface area (Å²) in [5.41, 5.74) is 3.19. The highest BCUT2D eigenvalue weighted by atomic mass is 16.5. The standard InChI is InChI=1S/C24H24O2/c1-26-22-17-15-21(16-18-22)24(25)23(20-12-6-3-7-13-20)14-8-11-19-9-4-2-5-10-19/h2-13,15-18,23-25H,14H2,1H3/b11-8+. The van der Waals surface area contributed by atoms with Gasteiger partial charge in [0.2, 0.25) is 0 Å². The first-order valence-electron chi connectivity index (χ1n) is 8.86. The molecule has 0 fully saturated rings. The van der Waals surface area contributed by atoms with Crippen LogP contribution in [0.25, 0.3) is 6.08 Å². The summed E-state index contributed by atoms with van der Waals surface area (Å²) in [6, 6.07) is 28.1. The Kier molecular flexibility index (Phi) is 6.24. The zero-order valence-electron chi connectivity index (χ0n) is 15.0. The molecule has 2 unspecified atom stereocenters. The summed E-state index contributed by atoms with van der Waals surface area (Å²) in [5, 5.41) is 11.0. The van der Waals surface area contributed by atoms with Gasteiger partial charge in [-0.3, -0.25) is 0 Å². The van der Waals surface area contributed by atoms with Gasteiger partial charge in [-0.15, -0.1) is 0 Å². The van der Waals surface area contributed by atoms with Gasteiger partial charge in [0.25, 0.3) is 0 Å². The molecule has 2 atom stereocenters. The maximum Gasteiger partial charge on any atom is 0.118 e. The lowest BCUT2D eigenvalue weighted by atomic mass is 9.86. The van der Waals surface area contributed by atoms with Crippen molar-refractivity contribution >= 4 is 6.08 Å². The third-order valence-electron chi connectivity index (χ3n) is 4.57. The minimum absolute atomic E-state index is 0.00967. The van der Waals surface area contributed by atoms with Crippen LogP contribution in [0.4, 0.5) is 0 Å². The van der Waals surface area contributed by atoms with Crippen LogP contribution < -0.4 is 4.74 Å². The van der Waals surface area contributed by atoms with E-state index in [0.29, 0.717) is 0 Å². The van der Waals surface area contributed by atoms with Crippen molar-refractivity contribution in [2.24, 2.45) is 0 Å². The predicted octanol–water partition coefficient (Wildman–Crippen LogP) is 5.62. The van der Waals surface area contributed by atoms with E-state index in [0.717, 1.165) is 23.3 Å². The van der Waals surface area contributed by atoms with Crippen LogP contribution >= 0.6 is 0 Å². The van der Waals surface area contributed by atoms with E-state index in [9.17, 15) is 5.11 Å².